The molecule has 152 valence electrons. The van der Waals surface area contributed by atoms with E-state index in [2.05, 4.69) is 20.9 Å². The minimum absolute atomic E-state index is 0.0188. The fourth-order valence-electron chi connectivity index (χ4n) is 3.87. The van der Waals surface area contributed by atoms with Gasteiger partial charge in [-0.25, -0.2) is 4.39 Å². The molecule has 3 atom stereocenters. The lowest BCUT2D eigenvalue weighted by molar-refractivity contribution is -0.121. The lowest BCUT2D eigenvalue weighted by Gasteiger charge is -2.30. The number of ether oxygens (including phenoxy) is 1. The molecule has 4 rings (SSSR count). The highest BCUT2D eigenvalue weighted by Crippen LogP contribution is 2.38. The van der Waals surface area contributed by atoms with Gasteiger partial charge in [0.2, 0.25) is 5.91 Å². The fourth-order valence-corrected chi connectivity index (χ4v) is 4.24. The SMILES string of the molecule is C[C@@H]1C[C@@H](CC(=O)NC[C@H]2Cc3cc(F)cc(-c4ccccn4)c3O2)NC(=S)N1. The second kappa shape index (κ2) is 8.32. The van der Waals surface area contributed by atoms with Crippen LogP contribution in [-0.2, 0) is 11.2 Å². The highest BCUT2D eigenvalue weighted by atomic mass is 32.1. The summed E-state index contributed by atoms with van der Waals surface area (Å²) >= 11 is 5.16. The maximum Gasteiger partial charge on any atom is 0.222 e. The van der Waals surface area contributed by atoms with Crippen LogP contribution >= 0.6 is 12.2 Å². The average Bonchev–Trinajstić information content (AvgIpc) is 3.08. The van der Waals surface area contributed by atoms with E-state index in [0.29, 0.717) is 41.5 Å². The molecule has 8 heteroatoms. The predicted octanol–water partition coefficient (Wildman–Crippen LogP) is 2.32. The number of pyridine rings is 1. The number of hydrogen-bond donors (Lipinski definition) is 3. The molecule has 6 nitrogen and oxygen atoms in total. The van der Waals surface area contributed by atoms with E-state index in [1.165, 1.54) is 12.1 Å². The van der Waals surface area contributed by atoms with Crippen molar-refractivity contribution in [2.75, 3.05) is 6.54 Å². The zero-order chi connectivity index (χ0) is 20.4. The number of hydrogen-bond acceptors (Lipinski definition) is 4. The number of nitrogens with zero attached hydrogens (tertiary/aromatic N) is 1. The Hall–Kier alpha value is -2.74. The van der Waals surface area contributed by atoms with Crippen molar-refractivity contribution >= 4 is 23.2 Å². The van der Waals surface area contributed by atoms with E-state index in [1.807, 2.05) is 25.1 Å². The normalized spacial score (nSPS) is 22.8. The van der Waals surface area contributed by atoms with Gasteiger partial charge in [0.05, 0.1) is 12.2 Å². The van der Waals surface area contributed by atoms with Crippen LogP contribution in [0.3, 0.4) is 0 Å². The Balaban J connectivity index is 1.36. The molecule has 3 heterocycles. The first-order valence-electron chi connectivity index (χ1n) is 9.72. The number of nitrogens with one attached hydrogen (secondary N) is 3. The van der Waals surface area contributed by atoms with E-state index < -0.39 is 0 Å². The molecule has 0 bridgehead atoms. The van der Waals surface area contributed by atoms with Gasteiger partial charge < -0.3 is 20.7 Å². The fraction of sp³-hybridized carbons (Fsp3) is 0.381. The van der Waals surface area contributed by atoms with Gasteiger partial charge in [-0.1, -0.05) is 6.07 Å². The zero-order valence-corrected chi connectivity index (χ0v) is 16.9. The van der Waals surface area contributed by atoms with E-state index in [-0.39, 0.29) is 29.9 Å². The Morgan fingerprint density at radius 1 is 1.38 bits per heavy atom. The molecular weight excluding hydrogens is 391 g/mol. The van der Waals surface area contributed by atoms with Crippen LogP contribution in [0.5, 0.6) is 5.75 Å². The van der Waals surface area contributed by atoms with E-state index in [1.54, 1.807) is 6.20 Å². The van der Waals surface area contributed by atoms with Crippen LogP contribution < -0.4 is 20.7 Å². The van der Waals surface area contributed by atoms with Crippen molar-refractivity contribution < 1.29 is 13.9 Å². The third kappa shape index (κ3) is 4.64. The first-order chi connectivity index (χ1) is 14.0. The number of rotatable bonds is 5. The lowest BCUT2D eigenvalue weighted by Crippen LogP contribution is -2.54. The van der Waals surface area contributed by atoms with Crippen molar-refractivity contribution in [3.8, 4) is 17.0 Å². The van der Waals surface area contributed by atoms with E-state index in [4.69, 9.17) is 17.0 Å². The van der Waals surface area contributed by atoms with Gasteiger partial charge in [0.1, 0.15) is 17.7 Å². The maximum absolute atomic E-state index is 14.1. The standard InChI is InChI=1S/C21H23FN4O2S/c1-12-6-15(26-21(29)25-12)10-19(27)24-11-16-8-13-7-14(22)9-17(20(13)28-16)18-4-2-3-5-23-18/h2-5,7,9,12,15-16H,6,8,10-11H2,1H3,(H,24,27)(H2,25,26,29)/t12-,15+,16-/m1/s1. The predicted molar refractivity (Wildman–Crippen MR) is 112 cm³/mol. The zero-order valence-electron chi connectivity index (χ0n) is 16.1. The van der Waals surface area contributed by atoms with E-state index >= 15 is 0 Å². The monoisotopic (exact) mass is 414 g/mol. The number of carbonyl (C=O) groups is 1. The van der Waals surface area contributed by atoms with E-state index in [9.17, 15) is 9.18 Å². The number of carbonyl (C=O) groups excluding carboxylic acids is 1. The molecule has 1 aromatic heterocycles. The van der Waals surface area contributed by atoms with Crippen molar-refractivity contribution in [1.82, 2.24) is 20.9 Å². The number of fused-ring (bicyclic) bond motifs is 1. The summed E-state index contributed by atoms with van der Waals surface area (Å²) in [5.41, 5.74) is 2.09. The Labute approximate surface area is 174 Å². The molecule has 0 spiro atoms. The maximum atomic E-state index is 14.1. The number of amides is 1. The molecule has 1 fully saturated rings. The third-order valence-electron chi connectivity index (χ3n) is 5.11. The van der Waals surface area contributed by atoms with Gasteiger partial charge >= 0.3 is 0 Å². The van der Waals surface area contributed by atoms with Gasteiger partial charge in [0, 0.05) is 42.2 Å². The van der Waals surface area contributed by atoms with E-state index in [0.717, 1.165) is 12.0 Å². The second-order valence-electron chi connectivity index (χ2n) is 7.56. The van der Waals surface area contributed by atoms with Crippen LogP contribution in [0.4, 0.5) is 4.39 Å². The summed E-state index contributed by atoms with van der Waals surface area (Å²) in [7, 11) is 0. The van der Waals surface area contributed by atoms with Crippen molar-refractivity contribution in [3.63, 3.8) is 0 Å². The quantitative estimate of drug-likeness (QED) is 0.652. The molecule has 2 aliphatic heterocycles. The van der Waals surface area contributed by atoms with Gasteiger partial charge in [-0.05, 0) is 49.8 Å². The van der Waals surface area contributed by atoms with Crippen molar-refractivity contribution in [3.05, 3.63) is 47.9 Å². The molecule has 2 aliphatic rings. The van der Waals surface area contributed by atoms with Crippen molar-refractivity contribution in [1.29, 1.82) is 0 Å². The summed E-state index contributed by atoms with van der Waals surface area (Å²) in [6.45, 7) is 2.40. The number of halogens is 1. The summed E-state index contributed by atoms with van der Waals surface area (Å²) in [6.07, 6.45) is 3.14. The summed E-state index contributed by atoms with van der Waals surface area (Å²) in [4.78, 5) is 16.7. The number of thiocarbonyl (C=S) groups is 1. The van der Waals surface area contributed by atoms with Crippen LogP contribution in [0.15, 0.2) is 36.5 Å². The molecule has 29 heavy (non-hydrogen) atoms. The molecule has 3 N–H and O–H groups in total. The molecule has 0 unspecified atom stereocenters. The summed E-state index contributed by atoms with van der Waals surface area (Å²) in [6, 6.07) is 8.69. The van der Waals surface area contributed by atoms with Crippen molar-refractivity contribution in [2.24, 2.45) is 0 Å². The van der Waals surface area contributed by atoms with Gasteiger partial charge in [0.15, 0.2) is 5.11 Å². The Morgan fingerprint density at radius 3 is 3.00 bits per heavy atom. The van der Waals surface area contributed by atoms with Crippen LogP contribution in [0, 0.1) is 5.82 Å². The van der Waals surface area contributed by atoms with Gasteiger partial charge in [-0.2, -0.15) is 0 Å². The lowest BCUT2D eigenvalue weighted by atomic mass is 10.0. The average molecular weight is 415 g/mol. The smallest absolute Gasteiger partial charge is 0.222 e. The van der Waals surface area contributed by atoms with Gasteiger partial charge in [0.25, 0.3) is 0 Å². The number of benzene rings is 1. The molecule has 0 aliphatic carbocycles. The largest absolute Gasteiger partial charge is 0.487 e. The van der Waals surface area contributed by atoms with Gasteiger partial charge in [-0.15, -0.1) is 0 Å². The van der Waals surface area contributed by atoms with Crippen LogP contribution in [0.25, 0.3) is 11.3 Å². The summed E-state index contributed by atoms with van der Waals surface area (Å²) in [5, 5.41) is 9.77. The molecule has 1 amide bonds. The van der Waals surface area contributed by atoms with Gasteiger partial charge in [-0.3, -0.25) is 9.78 Å². The molecule has 0 radical (unpaired) electrons. The first-order valence-corrected chi connectivity index (χ1v) is 10.1. The summed E-state index contributed by atoms with van der Waals surface area (Å²) < 4.78 is 20.2. The van der Waals surface area contributed by atoms with Crippen molar-refractivity contribution in [2.45, 2.75) is 44.4 Å². The third-order valence-corrected chi connectivity index (χ3v) is 5.35. The Kier molecular flexibility index (Phi) is 5.62. The summed E-state index contributed by atoms with van der Waals surface area (Å²) in [5.74, 6) is 0.262. The minimum atomic E-state index is -0.320. The molecular formula is C21H23FN4O2S. The molecule has 1 saturated heterocycles. The number of aromatic nitrogens is 1. The first kappa shape index (κ1) is 19.6. The topological polar surface area (TPSA) is 75.3 Å². The van der Waals surface area contributed by atoms with Crippen LogP contribution in [-0.4, -0.2) is 40.7 Å². The van der Waals surface area contributed by atoms with Crippen LogP contribution in [0.2, 0.25) is 0 Å². The highest BCUT2D eigenvalue weighted by Gasteiger charge is 2.28. The minimum Gasteiger partial charge on any atom is -0.487 e. The second-order valence-corrected chi connectivity index (χ2v) is 7.97. The Bertz CT molecular complexity index is 924. The highest BCUT2D eigenvalue weighted by molar-refractivity contribution is 7.80. The molecule has 1 aromatic carbocycles. The van der Waals surface area contributed by atoms with Crippen LogP contribution in [0.1, 0.15) is 25.3 Å². The molecule has 2 aromatic rings. The molecule has 0 saturated carbocycles. The Morgan fingerprint density at radius 2 is 2.24 bits per heavy atom.